The minimum absolute atomic E-state index is 0.272. The Balaban J connectivity index is 1.93. The van der Waals surface area contributed by atoms with E-state index in [0.29, 0.717) is 12.3 Å². The fourth-order valence-corrected chi connectivity index (χ4v) is 2.64. The molecule has 1 aromatic rings. The summed E-state index contributed by atoms with van der Waals surface area (Å²) in [5.74, 6) is 0.697. The molecule has 0 aromatic heterocycles. The fourth-order valence-electron chi connectivity index (χ4n) is 2.38. The van der Waals surface area contributed by atoms with Gasteiger partial charge in [0.2, 0.25) is 5.91 Å². The first-order valence-corrected chi connectivity index (χ1v) is 7.23. The zero-order chi connectivity index (χ0) is 13.8. The Labute approximate surface area is 120 Å². The molecule has 19 heavy (non-hydrogen) atoms. The van der Waals surface area contributed by atoms with Gasteiger partial charge in [0.05, 0.1) is 10.7 Å². The Morgan fingerprint density at radius 2 is 1.84 bits per heavy atom. The first-order valence-electron chi connectivity index (χ1n) is 6.85. The molecule has 0 aliphatic carbocycles. The monoisotopic (exact) mass is 280 g/mol. The van der Waals surface area contributed by atoms with Crippen LogP contribution in [0.4, 0.5) is 5.69 Å². The lowest BCUT2D eigenvalue weighted by molar-refractivity contribution is -0.132. The molecule has 0 bridgehead atoms. The van der Waals surface area contributed by atoms with E-state index in [1.807, 2.05) is 29.2 Å². The summed E-state index contributed by atoms with van der Waals surface area (Å²) in [6.07, 6.45) is 0.645. The minimum atomic E-state index is 0.272. The van der Waals surface area contributed by atoms with E-state index in [2.05, 4.69) is 18.7 Å². The third kappa shape index (κ3) is 3.63. The van der Waals surface area contributed by atoms with Gasteiger partial charge in [-0.15, -0.1) is 0 Å². The van der Waals surface area contributed by atoms with Crippen LogP contribution in [0.25, 0.3) is 0 Å². The molecule has 1 aliphatic rings. The zero-order valence-corrected chi connectivity index (χ0v) is 12.4. The molecular formula is C15H21ClN2O. The largest absolute Gasteiger partial charge is 0.367 e. The van der Waals surface area contributed by atoms with E-state index in [4.69, 9.17) is 11.6 Å². The van der Waals surface area contributed by atoms with Crippen molar-refractivity contribution in [2.75, 3.05) is 31.1 Å². The van der Waals surface area contributed by atoms with Gasteiger partial charge < -0.3 is 9.80 Å². The van der Waals surface area contributed by atoms with Gasteiger partial charge in [0, 0.05) is 32.6 Å². The van der Waals surface area contributed by atoms with E-state index >= 15 is 0 Å². The third-order valence-corrected chi connectivity index (χ3v) is 3.73. The maximum atomic E-state index is 12.0. The summed E-state index contributed by atoms with van der Waals surface area (Å²) in [4.78, 5) is 16.2. The number of halogens is 1. The molecule has 0 atom stereocenters. The number of carbonyl (C=O) groups excluding carboxylic acids is 1. The zero-order valence-electron chi connectivity index (χ0n) is 11.6. The van der Waals surface area contributed by atoms with Crippen molar-refractivity contribution in [1.82, 2.24) is 4.90 Å². The van der Waals surface area contributed by atoms with Gasteiger partial charge in [0.1, 0.15) is 0 Å². The van der Waals surface area contributed by atoms with Crippen LogP contribution in [0.2, 0.25) is 5.02 Å². The number of rotatable bonds is 3. The number of amides is 1. The molecule has 4 heteroatoms. The van der Waals surface area contributed by atoms with Gasteiger partial charge in [-0.2, -0.15) is 0 Å². The third-order valence-electron chi connectivity index (χ3n) is 3.41. The Morgan fingerprint density at radius 3 is 2.42 bits per heavy atom. The quantitative estimate of drug-likeness (QED) is 0.850. The summed E-state index contributed by atoms with van der Waals surface area (Å²) in [7, 11) is 0. The number of nitrogens with zero attached hydrogens (tertiary/aromatic N) is 2. The number of hydrogen-bond donors (Lipinski definition) is 0. The summed E-state index contributed by atoms with van der Waals surface area (Å²) in [5.41, 5.74) is 1.07. The molecule has 0 radical (unpaired) electrons. The van der Waals surface area contributed by atoms with Gasteiger partial charge in [-0.25, -0.2) is 0 Å². The predicted octanol–water partition coefficient (Wildman–Crippen LogP) is 3.03. The van der Waals surface area contributed by atoms with Crippen molar-refractivity contribution in [2.45, 2.75) is 20.3 Å². The second-order valence-electron chi connectivity index (χ2n) is 5.42. The Bertz CT molecular complexity index is 440. The number of hydrogen-bond acceptors (Lipinski definition) is 2. The lowest BCUT2D eigenvalue weighted by Crippen LogP contribution is -2.49. The van der Waals surface area contributed by atoms with E-state index in [0.717, 1.165) is 36.9 Å². The highest BCUT2D eigenvalue weighted by Crippen LogP contribution is 2.26. The molecule has 3 nitrogen and oxygen atoms in total. The van der Waals surface area contributed by atoms with Crippen LogP contribution >= 0.6 is 11.6 Å². The highest BCUT2D eigenvalue weighted by molar-refractivity contribution is 6.33. The van der Waals surface area contributed by atoms with Crippen LogP contribution in [-0.2, 0) is 4.79 Å². The SMILES string of the molecule is CC(C)CC(=O)N1CCN(c2ccccc2Cl)CC1. The van der Waals surface area contributed by atoms with E-state index in [1.165, 1.54) is 0 Å². The van der Waals surface area contributed by atoms with E-state index in [-0.39, 0.29) is 5.91 Å². The van der Waals surface area contributed by atoms with Crippen molar-refractivity contribution in [3.05, 3.63) is 29.3 Å². The minimum Gasteiger partial charge on any atom is -0.367 e. The molecule has 1 amide bonds. The molecule has 0 unspecified atom stereocenters. The van der Waals surface area contributed by atoms with Crippen molar-refractivity contribution in [3.63, 3.8) is 0 Å². The van der Waals surface area contributed by atoms with Crippen LogP contribution in [0.5, 0.6) is 0 Å². The smallest absolute Gasteiger partial charge is 0.222 e. The Kier molecular flexibility index (Phi) is 4.70. The lowest BCUT2D eigenvalue weighted by Gasteiger charge is -2.36. The molecule has 1 aliphatic heterocycles. The van der Waals surface area contributed by atoms with Crippen LogP contribution in [0.15, 0.2) is 24.3 Å². The second kappa shape index (κ2) is 6.29. The molecule has 1 fully saturated rings. The van der Waals surface area contributed by atoms with E-state index in [9.17, 15) is 4.79 Å². The number of benzene rings is 1. The molecule has 0 N–H and O–H groups in total. The van der Waals surface area contributed by atoms with Gasteiger partial charge in [-0.05, 0) is 18.1 Å². The summed E-state index contributed by atoms with van der Waals surface area (Å²) in [6.45, 7) is 7.45. The van der Waals surface area contributed by atoms with Gasteiger partial charge >= 0.3 is 0 Å². The standard InChI is InChI=1S/C15H21ClN2O/c1-12(2)11-15(19)18-9-7-17(8-10-18)14-6-4-3-5-13(14)16/h3-6,12H,7-11H2,1-2H3. The van der Waals surface area contributed by atoms with Gasteiger partial charge in [-0.3, -0.25) is 4.79 Å². The average Bonchev–Trinajstić information content (AvgIpc) is 2.39. The van der Waals surface area contributed by atoms with Crippen molar-refractivity contribution in [1.29, 1.82) is 0 Å². The molecule has 1 aromatic carbocycles. The Hall–Kier alpha value is -1.22. The van der Waals surface area contributed by atoms with Gasteiger partial charge in [0.15, 0.2) is 0 Å². The van der Waals surface area contributed by atoms with Crippen molar-refractivity contribution in [2.24, 2.45) is 5.92 Å². The fraction of sp³-hybridized carbons (Fsp3) is 0.533. The summed E-state index contributed by atoms with van der Waals surface area (Å²) in [5, 5.41) is 0.782. The molecule has 0 spiro atoms. The van der Waals surface area contributed by atoms with E-state index in [1.54, 1.807) is 0 Å². The number of anilines is 1. The summed E-state index contributed by atoms with van der Waals surface area (Å²) in [6, 6.07) is 7.88. The molecule has 104 valence electrons. The highest BCUT2D eigenvalue weighted by atomic mass is 35.5. The van der Waals surface area contributed by atoms with Crippen LogP contribution in [0.1, 0.15) is 20.3 Å². The average molecular weight is 281 g/mol. The molecular weight excluding hydrogens is 260 g/mol. The number of para-hydroxylation sites is 1. The summed E-state index contributed by atoms with van der Waals surface area (Å²) >= 11 is 6.20. The topological polar surface area (TPSA) is 23.6 Å². The van der Waals surface area contributed by atoms with Crippen LogP contribution in [-0.4, -0.2) is 37.0 Å². The normalized spacial score (nSPS) is 16.0. The van der Waals surface area contributed by atoms with Crippen LogP contribution in [0, 0.1) is 5.92 Å². The van der Waals surface area contributed by atoms with Crippen LogP contribution in [0.3, 0.4) is 0 Å². The van der Waals surface area contributed by atoms with Crippen molar-refractivity contribution < 1.29 is 4.79 Å². The van der Waals surface area contributed by atoms with Crippen LogP contribution < -0.4 is 4.90 Å². The molecule has 1 saturated heterocycles. The van der Waals surface area contributed by atoms with Gasteiger partial charge in [-0.1, -0.05) is 37.6 Å². The first kappa shape index (κ1) is 14.2. The number of carbonyl (C=O) groups is 1. The van der Waals surface area contributed by atoms with E-state index < -0.39 is 0 Å². The highest BCUT2D eigenvalue weighted by Gasteiger charge is 2.22. The van der Waals surface area contributed by atoms with Gasteiger partial charge in [0.25, 0.3) is 0 Å². The molecule has 0 saturated carbocycles. The summed E-state index contributed by atoms with van der Waals surface area (Å²) < 4.78 is 0. The maximum absolute atomic E-state index is 12.0. The number of piperazine rings is 1. The first-order chi connectivity index (χ1) is 9.08. The molecule has 1 heterocycles. The Morgan fingerprint density at radius 1 is 1.21 bits per heavy atom. The lowest BCUT2D eigenvalue weighted by atomic mass is 10.1. The second-order valence-corrected chi connectivity index (χ2v) is 5.82. The predicted molar refractivity (Wildman–Crippen MR) is 79.7 cm³/mol. The van der Waals surface area contributed by atoms with Crippen molar-refractivity contribution >= 4 is 23.2 Å². The maximum Gasteiger partial charge on any atom is 0.222 e. The van der Waals surface area contributed by atoms with Crippen molar-refractivity contribution in [3.8, 4) is 0 Å². The molecule has 2 rings (SSSR count).